The number of hydrogen-bond acceptors (Lipinski definition) is 5. The molecule has 5 nitrogen and oxygen atoms in total. The zero-order valence-electron chi connectivity index (χ0n) is 17.2. The molecule has 0 radical (unpaired) electrons. The number of anilines is 1. The van der Waals surface area contributed by atoms with Crippen molar-refractivity contribution in [2.45, 2.75) is 18.9 Å². The first-order valence-electron chi connectivity index (χ1n) is 10.5. The number of carbonyl (C=O) groups is 1. The summed E-state index contributed by atoms with van der Waals surface area (Å²) in [5, 5.41) is 0.458. The van der Waals surface area contributed by atoms with Crippen LogP contribution in [0.25, 0.3) is 10.2 Å². The van der Waals surface area contributed by atoms with E-state index in [-0.39, 0.29) is 17.5 Å². The average Bonchev–Trinajstić information content (AvgIpc) is 3.48. The molecular formula is C25H21FN2O3S. The highest BCUT2D eigenvalue weighted by molar-refractivity contribution is 7.22. The standard InChI is InChI=1S/C25H21FN2O3S/c26-21-12-5-13-22-23(21)27-25(32-22)28(16-20-11-6-14-30-20)24(29)17-7-4-10-19(15-17)31-18-8-2-1-3-9-18/h1-5,7-10,12-13,15,20H,6,11,14,16H2. The van der Waals surface area contributed by atoms with E-state index < -0.39 is 5.82 Å². The summed E-state index contributed by atoms with van der Waals surface area (Å²) in [7, 11) is 0. The molecule has 0 N–H and O–H groups in total. The molecule has 162 valence electrons. The summed E-state index contributed by atoms with van der Waals surface area (Å²) in [6, 6.07) is 21.3. The normalized spacial score (nSPS) is 15.7. The molecule has 4 aromatic rings. The lowest BCUT2D eigenvalue weighted by atomic mass is 10.1. The number of thiazole rings is 1. The smallest absolute Gasteiger partial charge is 0.260 e. The van der Waals surface area contributed by atoms with Crippen LogP contribution in [0.4, 0.5) is 9.52 Å². The number of aromatic nitrogens is 1. The fourth-order valence-electron chi connectivity index (χ4n) is 3.73. The van der Waals surface area contributed by atoms with Gasteiger partial charge in [0.2, 0.25) is 0 Å². The lowest BCUT2D eigenvalue weighted by Gasteiger charge is -2.23. The van der Waals surface area contributed by atoms with Gasteiger partial charge in [-0.1, -0.05) is 41.7 Å². The van der Waals surface area contributed by atoms with Gasteiger partial charge in [-0.2, -0.15) is 0 Å². The Labute approximate surface area is 189 Å². The molecule has 0 aliphatic carbocycles. The van der Waals surface area contributed by atoms with Crippen molar-refractivity contribution in [1.82, 2.24) is 4.98 Å². The van der Waals surface area contributed by atoms with Crippen molar-refractivity contribution in [3.8, 4) is 11.5 Å². The maximum Gasteiger partial charge on any atom is 0.260 e. The van der Waals surface area contributed by atoms with Gasteiger partial charge in [0.05, 0.1) is 17.3 Å². The Morgan fingerprint density at radius 2 is 1.91 bits per heavy atom. The van der Waals surface area contributed by atoms with Crippen molar-refractivity contribution in [2.24, 2.45) is 0 Å². The summed E-state index contributed by atoms with van der Waals surface area (Å²) in [5.41, 5.74) is 0.745. The Hall–Kier alpha value is -3.29. The zero-order chi connectivity index (χ0) is 21.9. The van der Waals surface area contributed by atoms with Crippen LogP contribution in [-0.2, 0) is 4.74 Å². The first-order valence-corrected chi connectivity index (χ1v) is 11.3. The van der Waals surface area contributed by atoms with E-state index in [0.29, 0.717) is 40.0 Å². The van der Waals surface area contributed by atoms with Gasteiger partial charge in [-0.3, -0.25) is 9.69 Å². The van der Waals surface area contributed by atoms with E-state index in [0.717, 1.165) is 12.8 Å². The van der Waals surface area contributed by atoms with Crippen molar-refractivity contribution >= 4 is 32.6 Å². The molecule has 2 heterocycles. The number of hydrogen-bond donors (Lipinski definition) is 0. The Balaban J connectivity index is 1.47. The predicted octanol–water partition coefficient (Wildman–Crippen LogP) is 6.05. The summed E-state index contributed by atoms with van der Waals surface area (Å²) in [6.45, 7) is 1.05. The van der Waals surface area contributed by atoms with Gasteiger partial charge >= 0.3 is 0 Å². The molecule has 0 spiro atoms. The van der Waals surface area contributed by atoms with Crippen molar-refractivity contribution < 1.29 is 18.7 Å². The number of para-hydroxylation sites is 2. The molecule has 0 saturated carbocycles. The molecule has 0 bridgehead atoms. The van der Waals surface area contributed by atoms with Crippen LogP contribution in [0.5, 0.6) is 11.5 Å². The molecule has 1 aliphatic rings. The monoisotopic (exact) mass is 448 g/mol. The molecule has 1 aliphatic heterocycles. The minimum absolute atomic E-state index is 0.0699. The summed E-state index contributed by atoms with van der Waals surface area (Å²) >= 11 is 1.30. The number of amides is 1. The van der Waals surface area contributed by atoms with Gasteiger partial charge in [-0.15, -0.1) is 0 Å². The fourth-order valence-corrected chi connectivity index (χ4v) is 4.72. The molecule has 1 atom stereocenters. The van der Waals surface area contributed by atoms with Gasteiger partial charge in [0.25, 0.3) is 5.91 Å². The van der Waals surface area contributed by atoms with Crippen LogP contribution in [-0.4, -0.2) is 30.1 Å². The Morgan fingerprint density at radius 1 is 1.09 bits per heavy atom. The molecule has 32 heavy (non-hydrogen) atoms. The molecule has 1 unspecified atom stereocenters. The number of benzene rings is 3. The third-order valence-electron chi connectivity index (χ3n) is 5.30. The fraction of sp³-hybridized carbons (Fsp3) is 0.200. The van der Waals surface area contributed by atoms with E-state index >= 15 is 0 Å². The van der Waals surface area contributed by atoms with Gasteiger partial charge < -0.3 is 9.47 Å². The van der Waals surface area contributed by atoms with Crippen LogP contribution < -0.4 is 9.64 Å². The second-order valence-corrected chi connectivity index (χ2v) is 8.59. The molecule has 1 amide bonds. The topological polar surface area (TPSA) is 51.7 Å². The molecule has 1 saturated heterocycles. The summed E-state index contributed by atoms with van der Waals surface area (Å²) in [6.07, 6.45) is 1.77. The highest BCUT2D eigenvalue weighted by Gasteiger charge is 2.27. The van der Waals surface area contributed by atoms with Crippen LogP contribution >= 0.6 is 11.3 Å². The van der Waals surface area contributed by atoms with Crippen LogP contribution in [0.3, 0.4) is 0 Å². The number of rotatable bonds is 6. The van der Waals surface area contributed by atoms with Crippen molar-refractivity contribution in [2.75, 3.05) is 18.1 Å². The van der Waals surface area contributed by atoms with E-state index in [1.54, 1.807) is 35.2 Å². The summed E-state index contributed by atoms with van der Waals surface area (Å²) < 4.78 is 26.6. The molecule has 3 aromatic carbocycles. The first kappa shape index (κ1) is 20.6. The second-order valence-electron chi connectivity index (χ2n) is 7.58. The van der Waals surface area contributed by atoms with Crippen LogP contribution in [0.15, 0.2) is 72.8 Å². The minimum Gasteiger partial charge on any atom is -0.457 e. The quantitative estimate of drug-likeness (QED) is 0.360. The molecule has 1 fully saturated rings. The van der Waals surface area contributed by atoms with Crippen LogP contribution in [0.1, 0.15) is 23.2 Å². The molecule has 5 rings (SSSR count). The summed E-state index contributed by atoms with van der Waals surface area (Å²) in [4.78, 5) is 19.6. The van der Waals surface area contributed by atoms with Crippen molar-refractivity contribution in [3.05, 3.63) is 84.2 Å². The molecule has 1 aromatic heterocycles. The first-order chi connectivity index (χ1) is 15.7. The molecular weight excluding hydrogens is 427 g/mol. The third-order valence-corrected chi connectivity index (χ3v) is 6.35. The number of nitrogens with zero attached hydrogens (tertiary/aromatic N) is 2. The van der Waals surface area contributed by atoms with Crippen LogP contribution in [0, 0.1) is 5.82 Å². The number of ether oxygens (including phenoxy) is 2. The van der Waals surface area contributed by atoms with E-state index in [1.165, 1.54) is 17.4 Å². The average molecular weight is 449 g/mol. The summed E-state index contributed by atoms with van der Waals surface area (Å²) in [5.74, 6) is 0.635. The van der Waals surface area contributed by atoms with Crippen molar-refractivity contribution in [1.29, 1.82) is 0 Å². The van der Waals surface area contributed by atoms with Gasteiger partial charge in [0, 0.05) is 12.2 Å². The number of halogens is 1. The lowest BCUT2D eigenvalue weighted by Crippen LogP contribution is -2.37. The van der Waals surface area contributed by atoms with Crippen LogP contribution in [0.2, 0.25) is 0 Å². The van der Waals surface area contributed by atoms with Gasteiger partial charge in [0.15, 0.2) is 5.13 Å². The Kier molecular flexibility index (Phi) is 5.83. The maximum atomic E-state index is 14.3. The minimum atomic E-state index is -0.396. The van der Waals surface area contributed by atoms with Crippen molar-refractivity contribution in [3.63, 3.8) is 0 Å². The van der Waals surface area contributed by atoms with E-state index in [4.69, 9.17) is 9.47 Å². The Bertz CT molecular complexity index is 1240. The zero-order valence-corrected chi connectivity index (χ0v) is 18.1. The lowest BCUT2D eigenvalue weighted by molar-refractivity contribution is 0.0917. The highest BCUT2D eigenvalue weighted by Crippen LogP contribution is 2.32. The van der Waals surface area contributed by atoms with E-state index in [2.05, 4.69) is 4.98 Å². The van der Waals surface area contributed by atoms with Gasteiger partial charge in [0.1, 0.15) is 22.8 Å². The maximum absolute atomic E-state index is 14.3. The second kappa shape index (κ2) is 9.06. The SMILES string of the molecule is O=C(c1cccc(Oc2ccccc2)c1)N(CC1CCCO1)c1nc2c(F)cccc2s1. The number of carbonyl (C=O) groups excluding carboxylic acids is 1. The van der Waals surface area contributed by atoms with Gasteiger partial charge in [-0.25, -0.2) is 9.37 Å². The van der Waals surface area contributed by atoms with Gasteiger partial charge in [-0.05, 0) is 55.3 Å². The molecule has 7 heteroatoms. The third kappa shape index (κ3) is 4.35. The predicted molar refractivity (Wildman–Crippen MR) is 123 cm³/mol. The Morgan fingerprint density at radius 3 is 2.69 bits per heavy atom. The highest BCUT2D eigenvalue weighted by atomic mass is 32.1. The van der Waals surface area contributed by atoms with E-state index in [9.17, 15) is 9.18 Å². The van der Waals surface area contributed by atoms with E-state index in [1.807, 2.05) is 36.4 Å². The number of fused-ring (bicyclic) bond motifs is 1. The largest absolute Gasteiger partial charge is 0.457 e.